The molecule has 0 aliphatic heterocycles. The molecule has 0 atom stereocenters. The average molecular weight is 158 g/mol. The topological polar surface area (TPSA) is 56.0 Å². The van der Waals surface area contributed by atoms with Crippen LogP contribution in [0.25, 0.3) is 0 Å². The zero-order chi connectivity index (χ0) is 7.56. The van der Waals surface area contributed by atoms with Crippen molar-refractivity contribution in [2.24, 2.45) is 0 Å². The Morgan fingerprint density at radius 2 is 2.50 bits per heavy atom. The molecule has 0 fully saturated rings. The molecular weight excluding hydrogens is 156 g/mol. The summed E-state index contributed by atoms with van der Waals surface area (Å²) in [4.78, 5) is 12.8. The third-order valence-corrected chi connectivity index (χ3v) is 1.06. The molecule has 1 radical (unpaired) electrons. The summed E-state index contributed by atoms with van der Waals surface area (Å²) in [5.74, 6) is -0.260. The monoisotopic (exact) mass is 157 g/mol. The second kappa shape index (κ2) is 2.62. The molecule has 51 valence electrons. The number of nitro groups is 1. The van der Waals surface area contributed by atoms with Gasteiger partial charge in [0.2, 0.25) is 0 Å². The summed E-state index contributed by atoms with van der Waals surface area (Å²) in [7, 11) is 0. The minimum atomic E-state index is -0.611. The summed E-state index contributed by atoms with van der Waals surface area (Å²) < 4.78 is 0. The highest BCUT2D eigenvalue weighted by Gasteiger charge is 2.04. The van der Waals surface area contributed by atoms with Gasteiger partial charge in [-0.3, -0.25) is 0 Å². The van der Waals surface area contributed by atoms with Crippen molar-refractivity contribution >= 4 is 17.4 Å². The molecule has 0 spiro atoms. The minimum absolute atomic E-state index is 0.196. The molecule has 4 nitrogen and oxygen atoms in total. The fourth-order valence-electron chi connectivity index (χ4n) is 0.452. The van der Waals surface area contributed by atoms with Gasteiger partial charge in [-0.15, -0.1) is 0 Å². The molecule has 0 aliphatic carbocycles. The van der Waals surface area contributed by atoms with E-state index in [9.17, 15) is 10.1 Å². The van der Waals surface area contributed by atoms with Gasteiger partial charge >= 0.3 is 5.82 Å². The van der Waals surface area contributed by atoms with Crippen molar-refractivity contribution in [3.05, 3.63) is 33.5 Å². The lowest BCUT2D eigenvalue weighted by Crippen LogP contribution is -1.90. The second-order valence-electron chi connectivity index (χ2n) is 1.51. The van der Waals surface area contributed by atoms with Crippen molar-refractivity contribution in [2.75, 3.05) is 0 Å². The first-order chi connectivity index (χ1) is 4.70. The third-order valence-electron chi connectivity index (χ3n) is 0.842. The van der Waals surface area contributed by atoms with Crippen LogP contribution in [-0.4, -0.2) is 9.91 Å². The zero-order valence-corrected chi connectivity index (χ0v) is 5.50. The van der Waals surface area contributed by atoms with Gasteiger partial charge in [0.15, 0.2) is 0 Å². The van der Waals surface area contributed by atoms with Crippen molar-refractivity contribution < 1.29 is 4.92 Å². The van der Waals surface area contributed by atoms with E-state index in [0.29, 0.717) is 0 Å². The van der Waals surface area contributed by atoms with Gasteiger partial charge in [0.1, 0.15) is 6.20 Å². The van der Waals surface area contributed by atoms with Crippen LogP contribution in [0.15, 0.2) is 12.3 Å². The number of nitrogens with zero attached hydrogens (tertiary/aromatic N) is 2. The van der Waals surface area contributed by atoms with Crippen LogP contribution in [-0.2, 0) is 0 Å². The molecule has 0 aliphatic rings. The lowest BCUT2D eigenvalue weighted by molar-refractivity contribution is -0.389. The number of halogens is 1. The van der Waals surface area contributed by atoms with Gasteiger partial charge in [0.05, 0.1) is 11.1 Å². The van der Waals surface area contributed by atoms with E-state index in [0.717, 1.165) is 6.07 Å². The number of hydrogen-bond acceptors (Lipinski definition) is 3. The largest absolute Gasteiger partial charge is 0.364 e. The van der Waals surface area contributed by atoms with Gasteiger partial charge in [-0.1, -0.05) is 11.6 Å². The molecular formula is C5H2ClN2O2. The van der Waals surface area contributed by atoms with Crippen LogP contribution >= 0.6 is 11.6 Å². The van der Waals surface area contributed by atoms with E-state index < -0.39 is 4.92 Å². The highest BCUT2D eigenvalue weighted by molar-refractivity contribution is 6.30. The van der Waals surface area contributed by atoms with Gasteiger partial charge in [0, 0.05) is 6.07 Å². The number of aromatic nitrogens is 1. The molecule has 1 heterocycles. The molecule has 10 heavy (non-hydrogen) atoms. The lowest BCUT2D eigenvalue weighted by Gasteiger charge is -1.88. The Balaban J connectivity index is 3.07. The highest BCUT2D eigenvalue weighted by Crippen LogP contribution is 2.12. The summed E-state index contributed by atoms with van der Waals surface area (Å²) in [6.45, 7) is 0. The number of hydrogen-bond donors (Lipinski definition) is 0. The summed E-state index contributed by atoms with van der Waals surface area (Å²) in [5, 5.41) is 10.2. The van der Waals surface area contributed by atoms with Crippen molar-refractivity contribution in [1.82, 2.24) is 4.98 Å². The second-order valence-corrected chi connectivity index (χ2v) is 1.92. The van der Waals surface area contributed by atoms with E-state index in [2.05, 4.69) is 11.1 Å². The van der Waals surface area contributed by atoms with Crippen LogP contribution in [0.1, 0.15) is 0 Å². The van der Waals surface area contributed by atoms with Crippen LogP contribution in [0.4, 0.5) is 5.82 Å². The lowest BCUT2D eigenvalue weighted by atomic mass is 10.5. The Bertz CT molecular complexity index is 264. The Kier molecular flexibility index (Phi) is 1.82. The van der Waals surface area contributed by atoms with Gasteiger partial charge in [-0.2, -0.15) is 0 Å². The summed E-state index contributed by atoms with van der Waals surface area (Å²) in [6.07, 6.45) is 1.17. The Morgan fingerprint density at radius 3 is 2.90 bits per heavy atom. The maximum absolute atomic E-state index is 10.0. The quantitative estimate of drug-likeness (QED) is 0.458. The average Bonchev–Trinajstić information content (AvgIpc) is 1.88. The van der Waals surface area contributed by atoms with Crippen LogP contribution in [0.2, 0.25) is 5.02 Å². The number of rotatable bonds is 1. The Morgan fingerprint density at radius 1 is 1.80 bits per heavy atom. The van der Waals surface area contributed by atoms with Crippen LogP contribution in [0.5, 0.6) is 0 Å². The van der Waals surface area contributed by atoms with Crippen molar-refractivity contribution in [3.8, 4) is 0 Å². The first-order valence-corrected chi connectivity index (χ1v) is 2.75. The van der Waals surface area contributed by atoms with Crippen LogP contribution in [0, 0.1) is 16.2 Å². The van der Waals surface area contributed by atoms with Crippen molar-refractivity contribution in [2.45, 2.75) is 0 Å². The fraction of sp³-hybridized carbons (Fsp3) is 0. The molecule has 5 heteroatoms. The van der Waals surface area contributed by atoms with Crippen molar-refractivity contribution in [3.63, 3.8) is 0 Å². The maximum Gasteiger partial charge on any atom is 0.364 e. The summed E-state index contributed by atoms with van der Waals surface area (Å²) in [5.41, 5.74) is 0. The van der Waals surface area contributed by atoms with E-state index in [-0.39, 0.29) is 10.8 Å². The first kappa shape index (κ1) is 6.95. The summed E-state index contributed by atoms with van der Waals surface area (Å²) in [6, 6.07) is 3.62. The van der Waals surface area contributed by atoms with Gasteiger partial charge in [0.25, 0.3) is 0 Å². The third kappa shape index (κ3) is 1.41. The molecule has 1 aromatic heterocycles. The minimum Gasteiger partial charge on any atom is -0.358 e. The standard InChI is InChI=1S/C5H2ClN2O2/c6-4-1-2-7-5(3-4)8(9)10/h2-3H. The van der Waals surface area contributed by atoms with E-state index in [1.54, 1.807) is 0 Å². The van der Waals surface area contributed by atoms with Crippen LogP contribution < -0.4 is 0 Å². The van der Waals surface area contributed by atoms with Crippen molar-refractivity contribution in [1.29, 1.82) is 0 Å². The Labute approximate surface area is 61.6 Å². The van der Waals surface area contributed by atoms with E-state index in [1.165, 1.54) is 6.20 Å². The maximum atomic E-state index is 10.0. The number of pyridine rings is 1. The molecule has 0 N–H and O–H groups in total. The normalized spacial score (nSPS) is 9.30. The molecule has 1 rings (SSSR count). The SMILES string of the molecule is O=[N+]([O-])c1cc(Cl)[c]cn1. The highest BCUT2D eigenvalue weighted by atomic mass is 35.5. The van der Waals surface area contributed by atoms with Crippen LogP contribution in [0.3, 0.4) is 0 Å². The Hall–Kier alpha value is -1.16. The van der Waals surface area contributed by atoms with E-state index in [1.807, 2.05) is 0 Å². The molecule has 0 amide bonds. The predicted octanol–water partition coefficient (Wildman–Crippen LogP) is 1.44. The predicted molar refractivity (Wildman–Crippen MR) is 34.7 cm³/mol. The fourth-order valence-corrected chi connectivity index (χ4v) is 0.599. The molecule has 0 saturated carbocycles. The molecule has 0 bridgehead atoms. The first-order valence-electron chi connectivity index (χ1n) is 2.38. The van der Waals surface area contributed by atoms with Gasteiger partial charge < -0.3 is 10.1 Å². The van der Waals surface area contributed by atoms with E-state index >= 15 is 0 Å². The molecule has 0 unspecified atom stereocenters. The molecule has 0 aromatic carbocycles. The van der Waals surface area contributed by atoms with Gasteiger partial charge in [-0.05, 0) is 9.91 Å². The van der Waals surface area contributed by atoms with E-state index in [4.69, 9.17) is 11.6 Å². The molecule has 0 saturated heterocycles. The van der Waals surface area contributed by atoms with Gasteiger partial charge in [-0.25, -0.2) is 0 Å². The molecule has 1 aromatic rings. The zero-order valence-electron chi connectivity index (χ0n) is 4.74. The summed E-state index contributed by atoms with van der Waals surface area (Å²) >= 11 is 5.39. The smallest absolute Gasteiger partial charge is 0.358 e.